The topological polar surface area (TPSA) is 75.2 Å². The maximum Gasteiger partial charge on any atom is 0.224 e. The fourth-order valence-electron chi connectivity index (χ4n) is 3.20. The molecule has 2 N–H and O–H groups in total. The number of ether oxygens (including phenoxy) is 2. The Morgan fingerprint density at radius 3 is 2.33 bits per heavy atom. The molecule has 0 aliphatic heterocycles. The van der Waals surface area contributed by atoms with E-state index in [1.165, 1.54) is 0 Å². The predicted molar refractivity (Wildman–Crippen MR) is 145 cm³/mol. The summed E-state index contributed by atoms with van der Waals surface area (Å²) in [6, 6.07) is 15.9. The van der Waals surface area contributed by atoms with Gasteiger partial charge in [0.1, 0.15) is 6.61 Å². The van der Waals surface area contributed by atoms with E-state index in [0.717, 1.165) is 30.8 Å². The molecule has 2 rings (SSSR count). The second-order valence-electron chi connectivity index (χ2n) is 7.20. The number of hydrogen-bond acceptors (Lipinski definition) is 4. The third-order valence-electron chi connectivity index (χ3n) is 4.98. The molecule has 0 bridgehead atoms. The molecule has 0 unspecified atom stereocenters. The number of guanidine groups is 1. The number of benzene rings is 2. The number of halogens is 1. The van der Waals surface area contributed by atoms with Crippen LogP contribution in [-0.2, 0) is 17.9 Å². The van der Waals surface area contributed by atoms with Gasteiger partial charge in [-0.1, -0.05) is 36.4 Å². The first-order valence-corrected chi connectivity index (χ1v) is 11.2. The Morgan fingerprint density at radius 2 is 1.70 bits per heavy atom. The minimum atomic E-state index is 0. The molecule has 2 aromatic carbocycles. The van der Waals surface area contributed by atoms with E-state index in [1.54, 1.807) is 7.11 Å². The molecule has 0 heterocycles. The zero-order chi connectivity index (χ0) is 23.2. The maximum atomic E-state index is 12.2. The van der Waals surface area contributed by atoms with E-state index >= 15 is 0 Å². The third-order valence-corrected chi connectivity index (χ3v) is 4.98. The van der Waals surface area contributed by atoms with E-state index in [-0.39, 0.29) is 29.9 Å². The van der Waals surface area contributed by atoms with E-state index in [2.05, 4.69) is 15.6 Å². The van der Waals surface area contributed by atoms with Crippen molar-refractivity contribution in [2.45, 2.75) is 40.3 Å². The summed E-state index contributed by atoms with van der Waals surface area (Å²) < 4.78 is 11.4. The minimum Gasteiger partial charge on any atom is -0.493 e. The van der Waals surface area contributed by atoms with E-state index < -0.39 is 0 Å². The van der Waals surface area contributed by atoms with Crippen molar-refractivity contribution in [3.63, 3.8) is 0 Å². The average Bonchev–Trinajstić information content (AvgIpc) is 2.82. The lowest BCUT2D eigenvalue weighted by molar-refractivity contribution is -0.130. The van der Waals surface area contributed by atoms with Crippen molar-refractivity contribution in [1.82, 2.24) is 15.5 Å². The molecule has 182 valence electrons. The molecule has 0 aliphatic carbocycles. The van der Waals surface area contributed by atoms with Gasteiger partial charge in [-0.25, -0.2) is 4.99 Å². The van der Waals surface area contributed by atoms with Crippen molar-refractivity contribution in [2.75, 3.05) is 33.3 Å². The minimum absolute atomic E-state index is 0. The smallest absolute Gasteiger partial charge is 0.224 e. The van der Waals surface area contributed by atoms with E-state index in [9.17, 15) is 4.79 Å². The van der Waals surface area contributed by atoms with Gasteiger partial charge in [0.05, 0.1) is 13.7 Å². The van der Waals surface area contributed by atoms with Gasteiger partial charge in [-0.05, 0) is 44.0 Å². The quantitative estimate of drug-likeness (QED) is 0.228. The van der Waals surface area contributed by atoms with Gasteiger partial charge in [0.25, 0.3) is 0 Å². The molecule has 0 radical (unpaired) electrons. The predicted octanol–water partition coefficient (Wildman–Crippen LogP) is 4.21. The molecule has 33 heavy (non-hydrogen) atoms. The monoisotopic (exact) mass is 568 g/mol. The van der Waals surface area contributed by atoms with Crippen LogP contribution in [0.25, 0.3) is 0 Å². The number of methoxy groups -OCH3 is 1. The standard InChI is InChI=1S/C25H36N4O3.HI/c1-5-26-25(27-16-15-24(30)29(6-2)7-3)28-18-21-13-14-22(23(17-21)31-4)32-19-20-11-9-8-10-12-20;/h8-14,17H,5-7,15-16,18-19H2,1-4H3,(H2,26,27,28);1H. The first-order chi connectivity index (χ1) is 15.6. The molecule has 0 saturated carbocycles. The summed E-state index contributed by atoms with van der Waals surface area (Å²) in [5.74, 6) is 2.21. The first-order valence-electron chi connectivity index (χ1n) is 11.2. The molecule has 0 saturated heterocycles. The largest absolute Gasteiger partial charge is 0.493 e. The second kappa shape index (κ2) is 16.2. The fourth-order valence-corrected chi connectivity index (χ4v) is 3.20. The molecule has 0 aliphatic rings. The van der Waals surface area contributed by atoms with Gasteiger partial charge >= 0.3 is 0 Å². The van der Waals surface area contributed by atoms with E-state index in [0.29, 0.717) is 43.6 Å². The number of nitrogens with one attached hydrogen (secondary N) is 2. The Bertz CT molecular complexity index is 858. The van der Waals surface area contributed by atoms with Crippen molar-refractivity contribution in [3.8, 4) is 11.5 Å². The van der Waals surface area contributed by atoms with Crippen LogP contribution in [0.1, 0.15) is 38.3 Å². The Hall–Kier alpha value is -2.49. The van der Waals surface area contributed by atoms with Crippen molar-refractivity contribution in [1.29, 1.82) is 0 Å². The SMILES string of the molecule is CCNC(=NCc1ccc(OCc2ccccc2)c(OC)c1)NCCC(=O)N(CC)CC.I. The van der Waals surface area contributed by atoms with Crippen LogP contribution in [0.15, 0.2) is 53.5 Å². The number of rotatable bonds is 12. The van der Waals surface area contributed by atoms with Crippen LogP contribution in [0, 0.1) is 0 Å². The highest BCUT2D eigenvalue weighted by Crippen LogP contribution is 2.29. The van der Waals surface area contributed by atoms with Crippen LogP contribution in [-0.4, -0.2) is 50.1 Å². The molecule has 0 atom stereocenters. The van der Waals surface area contributed by atoms with Crippen LogP contribution in [0.4, 0.5) is 0 Å². The Balaban J connectivity index is 0.00000544. The molecule has 2 aromatic rings. The molecular formula is C25H37IN4O3. The summed E-state index contributed by atoms with van der Waals surface area (Å²) in [4.78, 5) is 18.6. The molecule has 0 aromatic heterocycles. The summed E-state index contributed by atoms with van der Waals surface area (Å²) in [6.07, 6.45) is 0.438. The van der Waals surface area contributed by atoms with Gasteiger partial charge in [-0.3, -0.25) is 4.79 Å². The molecule has 0 fully saturated rings. The van der Waals surface area contributed by atoms with Gasteiger partial charge < -0.3 is 25.0 Å². The van der Waals surface area contributed by atoms with E-state index in [1.807, 2.05) is 74.2 Å². The Labute approximate surface area is 215 Å². The lowest BCUT2D eigenvalue weighted by atomic mass is 10.2. The second-order valence-corrected chi connectivity index (χ2v) is 7.20. The molecule has 8 heteroatoms. The first kappa shape index (κ1) is 28.5. The summed E-state index contributed by atoms with van der Waals surface area (Å²) in [5, 5.41) is 6.46. The lowest BCUT2D eigenvalue weighted by Crippen LogP contribution is -2.40. The zero-order valence-electron chi connectivity index (χ0n) is 20.1. The molecular weight excluding hydrogens is 531 g/mol. The fraction of sp³-hybridized carbons (Fsp3) is 0.440. The highest BCUT2D eigenvalue weighted by Gasteiger charge is 2.10. The number of aliphatic imine (C=N–C) groups is 1. The van der Waals surface area contributed by atoms with Gasteiger partial charge in [0.2, 0.25) is 5.91 Å². The highest BCUT2D eigenvalue weighted by atomic mass is 127. The van der Waals surface area contributed by atoms with Crippen molar-refractivity contribution >= 4 is 35.8 Å². The van der Waals surface area contributed by atoms with Gasteiger partial charge in [-0.2, -0.15) is 0 Å². The van der Waals surface area contributed by atoms with Gasteiger partial charge in [0, 0.05) is 32.6 Å². The van der Waals surface area contributed by atoms with Crippen molar-refractivity contribution in [2.24, 2.45) is 4.99 Å². The van der Waals surface area contributed by atoms with Crippen molar-refractivity contribution < 1.29 is 14.3 Å². The number of nitrogens with zero attached hydrogens (tertiary/aromatic N) is 2. The summed E-state index contributed by atoms with van der Waals surface area (Å²) >= 11 is 0. The number of amides is 1. The lowest BCUT2D eigenvalue weighted by Gasteiger charge is -2.19. The van der Waals surface area contributed by atoms with Crippen LogP contribution in [0.5, 0.6) is 11.5 Å². The normalized spacial score (nSPS) is 10.7. The highest BCUT2D eigenvalue weighted by molar-refractivity contribution is 14.0. The van der Waals surface area contributed by atoms with Gasteiger partial charge in [0.15, 0.2) is 17.5 Å². The van der Waals surface area contributed by atoms with Crippen LogP contribution >= 0.6 is 24.0 Å². The van der Waals surface area contributed by atoms with E-state index in [4.69, 9.17) is 9.47 Å². The van der Waals surface area contributed by atoms with Crippen LogP contribution < -0.4 is 20.1 Å². The van der Waals surface area contributed by atoms with Crippen LogP contribution in [0.3, 0.4) is 0 Å². The third kappa shape index (κ3) is 9.89. The number of hydrogen-bond donors (Lipinski definition) is 2. The number of carbonyl (C=O) groups is 1. The van der Waals surface area contributed by atoms with Gasteiger partial charge in [-0.15, -0.1) is 24.0 Å². The Morgan fingerprint density at radius 1 is 0.970 bits per heavy atom. The molecule has 1 amide bonds. The van der Waals surface area contributed by atoms with Crippen molar-refractivity contribution in [3.05, 3.63) is 59.7 Å². The summed E-state index contributed by atoms with van der Waals surface area (Å²) in [7, 11) is 1.64. The zero-order valence-corrected chi connectivity index (χ0v) is 22.4. The molecule has 0 spiro atoms. The maximum absolute atomic E-state index is 12.2. The molecule has 7 nitrogen and oxygen atoms in total. The average molecular weight is 569 g/mol. The Kier molecular flexibility index (Phi) is 14.0. The number of carbonyl (C=O) groups excluding carboxylic acids is 1. The van der Waals surface area contributed by atoms with Crippen LogP contribution in [0.2, 0.25) is 0 Å². The summed E-state index contributed by atoms with van der Waals surface area (Å²) in [5.41, 5.74) is 2.11. The summed E-state index contributed by atoms with van der Waals surface area (Å²) in [6.45, 7) is 9.71.